The third-order valence-electron chi connectivity index (χ3n) is 7.08. The zero-order chi connectivity index (χ0) is 19.1. The summed E-state index contributed by atoms with van der Waals surface area (Å²) in [6.07, 6.45) is 12.2. The molecule has 5 rings (SSSR count). The van der Waals surface area contributed by atoms with Crippen molar-refractivity contribution in [1.29, 1.82) is 0 Å². The topological polar surface area (TPSA) is 41.9 Å². The first-order valence-corrected chi connectivity index (χ1v) is 10.6. The van der Waals surface area contributed by atoms with Gasteiger partial charge >= 0.3 is 0 Å². The fourth-order valence-corrected chi connectivity index (χ4v) is 5.49. The Hall–Kier alpha value is -2.20. The minimum atomic E-state index is 0.559. The largest absolute Gasteiger partial charge is 0.356 e. The number of aromatic nitrogens is 3. The maximum Gasteiger partial charge on any atom is 0.139 e. The third kappa shape index (κ3) is 2.95. The molecule has 1 aliphatic carbocycles. The first-order valence-electron chi connectivity index (χ1n) is 10.3. The minimum absolute atomic E-state index is 0.559. The van der Waals surface area contributed by atoms with Crippen LogP contribution in [0.2, 0.25) is 5.02 Å². The molecule has 2 aromatic heterocycles. The second-order valence-electron chi connectivity index (χ2n) is 8.43. The molecule has 2 aliphatic rings. The second-order valence-corrected chi connectivity index (χ2v) is 8.87. The van der Waals surface area contributed by atoms with Crippen LogP contribution in [0.1, 0.15) is 39.0 Å². The highest BCUT2D eigenvalue weighted by Gasteiger charge is 2.42. The molecule has 0 unspecified atom stereocenters. The van der Waals surface area contributed by atoms with E-state index in [1.165, 1.54) is 32.1 Å². The van der Waals surface area contributed by atoms with E-state index in [0.717, 1.165) is 51.9 Å². The van der Waals surface area contributed by atoms with Crippen molar-refractivity contribution in [1.82, 2.24) is 15.0 Å². The number of benzene rings is 1. The Morgan fingerprint density at radius 1 is 1.11 bits per heavy atom. The number of fused-ring (bicyclic) bond motifs is 1. The Morgan fingerprint density at radius 2 is 1.96 bits per heavy atom. The summed E-state index contributed by atoms with van der Waals surface area (Å²) in [4.78, 5) is 16.2. The second kappa shape index (κ2) is 7.00. The van der Waals surface area contributed by atoms with Crippen LogP contribution in [0.3, 0.4) is 0 Å². The summed E-state index contributed by atoms with van der Waals surface area (Å²) >= 11 is 6.21. The van der Waals surface area contributed by atoms with E-state index in [4.69, 9.17) is 16.6 Å². The SMILES string of the molecule is C[C@@H]1CCCC12CCN(c1ncc(-c3cccc(Cl)c3)c3ncncc13)CC2. The lowest BCUT2D eigenvalue weighted by Crippen LogP contribution is -2.41. The molecule has 1 saturated carbocycles. The van der Waals surface area contributed by atoms with Crippen LogP contribution < -0.4 is 4.90 Å². The molecule has 0 radical (unpaired) electrons. The van der Waals surface area contributed by atoms with Gasteiger partial charge in [0.05, 0.1) is 10.9 Å². The van der Waals surface area contributed by atoms with E-state index in [2.05, 4.69) is 27.9 Å². The first-order chi connectivity index (χ1) is 13.7. The predicted molar refractivity (Wildman–Crippen MR) is 115 cm³/mol. The Bertz CT molecular complexity index is 1010. The molecule has 0 amide bonds. The van der Waals surface area contributed by atoms with Gasteiger partial charge in [-0.05, 0) is 48.3 Å². The molecule has 0 N–H and O–H groups in total. The van der Waals surface area contributed by atoms with Crippen molar-refractivity contribution in [2.75, 3.05) is 18.0 Å². The number of piperidine rings is 1. The molecule has 5 heteroatoms. The summed E-state index contributed by atoms with van der Waals surface area (Å²) in [6, 6.07) is 7.87. The highest BCUT2D eigenvalue weighted by atomic mass is 35.5. The van der Waals surface area contributed by atoms with Crippen LogP contribution in [-0.2, 0) is 0 Å². The molecule has 2 fully saturated rings. The van der Waals surface area contributed by atoms with Crippen LogP contribution >= 0.6 is 11.6 Å². The fraction of sp³-hybridized carbons (Fsp3) is 0.435. The zero-order valence-electron chi connectivity index (χ0n) is 16.2. The Kier molecular flexibility index (Phi) is 4.47. The third-order valence-corrected chi connectivity index (χ3v) is 7.31. The number of pyridine rings is 1. The van der Waals surface area contributed by atoms with Crippen molar-refractivity contribution in [3.63, 3.8) is 0 Å². The highest BCUT2D eigenvalue weighted by molar-refractivity contribution is 6.30. The van der Waals surface area contributed by atoms with E-state index in [9.17, 15) is 0 Å². The van der Waals surface area contributed by atoms with E-state index >= 15 is 0 Å². The van der Waals surface area contributed by atoms with Gasteiger partial charge in [0.25, 0.3) is 0 Å². The Balaban J connectivity index is 1.51. The molecule has 0 bridgehead atoms. The summed E-state index contributed by atoms with van der Waals surface area (Å²) in [7, 11) is 0. The van der Waals surface area contributed by atoms with E-state index in [1.807, 2.05) is 30.6 Å². The van der Waals surface area contributed by atoms with Crippen LogP contribution in [0, 0.1) is 11.3 Å². The smallest absolute Gasteiger partial charge is 0.139 e. The van der Waals surface area contributed by atoms with Crippen LogP contribution in [0.25, 0.3) is 22.0 Å². The van der Waals surface area contributed by atoms with Gasteiger partial charge in [0.1, 0.15) is 12.1 Å². The van der Waals surface area contributed by atoms with Crippen molar-refractivity contribution < 1.29 is 0 Å². The van der Waals surface area contributed by atoms with Gasteiger partial charge in [-0.1, -0.05) is 43.5 Å². The maximum absolute atomic E-state index is 6.21. The van der Waals surface area contributed by atoms with E-state index in [-0.39, 0.29) is 0 Å². The van der Waals surface area contributed by atoms with Gasteiger partial charge in [-0.15, -0.1) is 0 Å². The quantitative estimate of drug-likeness (QED) is 0.556. The van der Waals surface area contributed by atoms with Gasteiger partial charge in [-0.3, -0.25) is 0 Å². The summed E-state index contributed by atoms with van der Waals surface area (Å²) in [5.41, 5.74) is 3.54. The van der Waals surface area contributed by atoms with Crippen LogP contribution in [0.5, 0.6) is 0 Å². The normalized spacial score (nSPS) is 21.5. The van der Waals surface area contributed by atoms with Crippen molar-refractivity contribution >= 4 is 28.3 Å². The molecule has 3 aromatic rings. The number of rotatable bonds is 2. The van der Waals surface area contributed by atoms with E-state index in [0.29, 0.717) is 5.41 Å². The highest BCUT2D eigenvalue weighted by Crippen LogP contribution is 2.50. The molecular formula is C23H25ClN4. The number of anilines is 1. The fourth-order valence-electron chi connectivity index (χ4n) is 5.30. The standard InChI is InChI=1S/C23H25ClN4/c1-16-4-3-7-23(16)8-10-28(11-9-23)22-20-13-25-15-27-21(20)19(14-26-22)17-5-2-6-18(24)12-17/h2,5-6,12-16H,3-4,7-11H2,1H3/t16-/m1/s1. The number of nitrogens with zero attached hydrogens (tertiary/aromatic N) is 4. The van der Waals surface area contributed by atoms with Crippen LogP contribution in [0.15, 0.2) is 43.0 Å². The molecule has 4 nitrogen and oxygen atoms in total. The lowest BCUT2D eigenvalue weighted by atomic mass is 9.71. The number of hydrogen-bond donors (Lipinski definition) is 0. The first kappa shape index (κ1) is 17.9. The molecule has 1 aromatic carbocycles. The van der Waals surface area contributed by atoms with Gasteiger partial charge in [-0.2, -0.15) is 0 Å². The molecule has 1 aliphatic heterocycles. The van der Waals surface area contributed by atoms with E-state index in [1.54, 1.807) is 6.33 Å². The van der Waals surface area contributed by atoms with Gasteiger partial charge in [-0.25, -0.2) is 15.0 Å². The van der Waals surface area contributed by atoms with Crippen LogP contribution in [0.4, 0.5) is 5.82 Å². The van der Waals surface area contributed by atoms with E-state index < -0.39 is 0 Å². The lowest BCUT2D eigenvalue weighted by molar-refractivity contribution is 0.161. The maximum atomic E-state index is 6.21. The molecular weight excluding hydrogens is 368 g/mol. The minimum Gasteiger partial charge on any atom is -0.356 e. The monoisotopic (exact) mass is 392 g/mol. The molecule has 1 spiro atoms. The van der Waals surface area contributed by atoms with Gasteiger partial charge in [0.2, 0.25) is 0 Å². The van der Waals surface area contributed by atoms with Crippen molar-refractivity contribution in [3.05, 3.63) is 48.0 Å². The molecule has 3 heterocycles. The summed E-state index contributed by atoms with van der Waals surface area (Å²) in [5.74, 6) is 1.87. The number of hydrogen-bond acceptors (Lipinski definition) is 4. The van der Waals surface area contributed by atoms with Crippen LogP contribution in [-0.4, -0.2) is 28.0 Å². The Labute approximate surface area is 171 Å². The predicted octanol–water partition coefficient (Wildman–Crippen LogP) is 5.75. The van der Waals surface area contributed by atoms with Crippen molar-refractivity contribution in [3.8, 4) is 11.1 Å². The summed E-state index contributed by atoms with van der Waals surface area (Å²) in [6.45, 7) is 4.58. The molecule has 144 valence electrons. The zero-order valence-corrected chi connectivity index (χ0v) is 17.0. The Morgan fingerprint density at radius 3 is 2.71 bits per heavy atom. The summed E-state index contributed by atoms with van der Waals surface area (Å²) < 4.78 is 0. The van der Waals surface area contributed by atoms with Gasteiger partial charge in [0.15, 0.2) is 0 Å². The van der Waals surface area contributed by atoms with Gasteiger partial charge in [0, 0.05) is 36.1 Å². The lowest BCUT2D eigenvalue weighted by Gasteiger charge is -2.43. The average molecular weight is 393 g/mol. The summed E-state index contributed by atoms with van der Waals surface area (Å²) in [5, 5.41) is 1.74. The molecule has 28 heavy (non-hydrogen) atoms. The molecule has 1 saturated heterocycles. The van der Waals surface area contributed by atoms with Crippen molar-refractivity contribution in [2.45, 2.75) is 39.0 Å². The molecule has 1 atom stereocenters. The number of halogens is 1. The van der Waals surface area contributed by atoms with Gasteiger partial charge < -0.3 is 4.90 Å². The van der Waals surface area contributed by atoms with Crippen molar-refractivity contribution in [2.24, 2.45) is 11.3 Å². The average Bonchev–Trinajstić information content (AvgIpc) is 3.07.